The molecule has 40 heavy (non-hydrogen) atoms. The fourth-order valence-electron chi connectivity index (χ4n) is 5.63. The molecule has 1 unspecified atom stereocenters. The Kier molecular flexibility index (Phi) is 8.73. The van der Waals surface area contributed by atoms with Gasteiger partial charge in [0, 0.05) is 36.1 Å². The zero-order valence-electron chi connectivity index (χ0n) is 24.0. The minimum atomic E-state index is -1.63. The number of hydrogen-bond acceptors (Lipinski definition) is 6. The number of carbonyl (C=O) groups is 1. The number of aliphatic imine (C=N–C) groups is 1. The van der Waals surface area contributed by atoms with Crippen molar-refractivity contribution < 1.29 is 14.1 Å². The Morgan fingerprint density at radius 1 is 1.20 bits per heavy atom. The van der Waals surface area contributed by atoms with Crippen LogP contribution >= 0.6 is 0 Å². The second kappa shape index (κ2) is 12.2. The third kappa shape index (κ3) is 5.60. The highest BCUT2D eigenvalue weighted by Gasteiger charge is 2.49. The number of pyridine rings is 1. The standard InChI is InChI=1S/C31H39N5O3S/c1-5-7-12-27-34-31(15-8-9-16-31)30(37)36(27)19-23-13-14-25(24(18-23)20-39-6-2)28-26(11-10-17-32-28)40(38)35-29-21(3)22(4)33-29/h10-11,13-14,17-18H,5-9,12,15-16,19-20H2,1-4H3,(H,33,35). The van der Waals surface area contributed by atoms with Crippen molar-refractivity contribution in [3.05, 3.63) is 58.9 Å². The Bertz CT molecular complexity index is 1360. The van der Waals surface area contributed by atoms with Crippen molar-refractivity contribution in [2.24, 2.45) is 9.39 Å². The van der Waals surface area contributed by atoms with Crippen LogP contribution in [0.4, 0.5) is 0 Å². The van der Waals surface area contributed by atoms with Gasteiger partial charge in [-0.1, -0.05) is 44.4 Å². The van der Waals surface area contributed by atoms with Gasteiger partial charge in [0.15, 0.2) is 5.84 Å². The predicted octanol–water partition coefficient (Wildman–Crippen LogP) is 5.85. The van der Waals surface area contributed by atoms with Crippen molar-refractivity contribution in [3.63, 3.8) is 0 Å². The number of rotatable bonds is 11. The summed E-state index contributed by atoms with van der Waals surface area (Å²) < 4.78 is 23.6. The Morgan fingerprint density at radius 3 is 2.70 bits per heavy atom. The molecule has 1 spiro atoms. The minimum Gasteiger partial charge on any atom is -0.586 e. The quantitative estimate of drug-likeness (QED) is 0.347. The molecule has 1 N–H and O–H groups in total. The van der Waals surface area contributed by atoms with E-state index in [0.29, 0.717) is 36.2 Å². The lowest BCUT2D eigenvalue weighted by Gasteiger charge is -2.23. The number of hydrogen-bond donors (Lipinski definition) is 1. The molecular weight excluding hydrogens is 522 g/mol. The molecule has 8 nitrogen and oxygen atoms in total. The fraction of sp³-hybridized carbons (Fsp3) is 0.484. The van der Waals surface area contributed by atoms with E-state index in [4.69, 9.17) is 9.73 Å². The van der Waals surface area contributed by atoms with E-state index in [1.165, 1.54) is 0 Å². The lowest BCUT2D eigenvalue weighted by atomic mass is 9.97. The Labute approximate surface area is 240 Å². The summed E-state index contributed by atoms with van der Waals surface area (Å²) in [6.45, 7) is 9.49. The van der Waals surface area contributed by atoms with Crippen molar-refractivity contribution in [2.75, 3.05) is 6.61 Å². The maximum atomic E-state index is 13.7. The second-order valence-corrected chi connectivity index (χ2v) is 11.9. The number of nitrogens with zero attached hydrogens (tertiary/aromatic N) is 4. The third-order valence-electron chi connectivity index (χ3n) is 8.07. The number of allylic oxidation sites excluding steroid dienone is 1. The lowest BCUT2D eigenvalue weighted by Crippen LogP contribution is -2.40. The Morgan fingerprint density at radius 2 is 2.00 bits per heavy atom. The number of nitrogens with one attached hydrogen (secondary N) is 1. The summed E-state index contributed by atoms with van der Waals surface area (Å²) >= 11 is -1.63. The van der Waals surface area contributed by atoms with E-state index in [1.54, 1.807) is 12.3 Å². The molecule has 1 fully saturated rings. The maximum Gasteiger partial charge on any atom is 0.256 e. The summed E-state index contributed by atoms with van der Waals surface area (Å²) in [6, 6.07) is 9.72. The van der Waals surface area contributed by atoms with Gasteiger partial charge in [0.2, 0.25) is 4.90 Å². The zero-order chi connectivity index (χ0) is 28.3. The van der Waals surface area contributed by atoms with Crippen LogP contribution < -0.4 is 5.32 Å². The first-order valence-electron chi connectivity index (χ1n) is 14.4. The molecule has 1 amide bonds. The molecule has 5 rings (SSSR count). The number of amidine groups is 2. The van der Waals surface area contributed by atoms with Gasteiger partial charge in [-0.3, -0.25) is 19.7 Å². The molecule has 9 heteroatoms. The molecule has 0 bridgehead atoms. The van der Waals surface area contributed by atoms with Crippen LogP contribution in [0.5, 0.6) is 0 Å². The summed E-state index contributed by atoms with van der Waals surface area (Å²) in [5.41, 5.74) is 4.93. The van der Waals surface area contributed by atoms with E-state index in [1.807, 2.05) is 43.9 Å². The molecule has 1 aliphatic carbocycles. The topological polar surface area (TPSA) is 102 Å². The summed E-state index contributed by atoms with van der Waals surface area (Å²) in [4.78, 5) is 25.8. The van der Waals surface area contributed by atoms with Crippen molar-refractivity contribution in [3.8, 4) is 11.3 Å². The van der Waals surface area contributed by atoms with Crippen LogP contribution in [-0.2, 0) is 34.0 Å². The van der Waals surface area contributed by atoms with Gasteiger partial charge < -0.3 is 14.6 Å². The average Bonchev–Trinajstić information content (AvgIpc) is 3.55. The Balaban J connectivity index is 1.46. The zero-order valence-corrected chi connectivity index (χ0v) is 24.8. The molecule has 1 aromatic carbocycles. The van der Waals surface area contributed by atoms with Crippen LogP contribution in [0.2, 0.25) is 0 Å². The number of carbonyl (C=O) groups excluding carboxylic acids is 1. The molecule has 0 saturated heterocycles. The summed E-state index contributed by atoms with van der Waals surface area (Å²) in [5, 5.41) is 3.13. The van der Waals surface area contributed by atoms with Crippen molar-refractivity contribution in [2.45, 2.75) is 96.2 Å². The molecule has 1 saturated carbocycles. The van der Waals surface area contributed by atoms with E-state index in [9.17, 15) is 9.35 Å². The smallest absolute Gasteiger partial charge is 0.256 e. The van der Waals surface area contributed by atoms with Gasteiger partial charge in [-0.2, -0.15) is 0 Å². The van der Waals surface area contributed by atoms with E-state index >= 15 is 0 Å². The van der Waals surface area contributed by atoms with Gasteiger partial charge in [-0.05, 0) is 67.7 Å². The molecule has 1 aromatic heterocycles. The van der Waals surface area contributed by atoms with Gasteiger partial charge in [-0.25, -0.2) is 0 Å². The van der Waals surface area contributed by atoms with Crippen molar-refractivity contribution in [1.29, 1.82) is 0 Å². The second-order valence-electron chi connectivity index (χ2n) is 10.8. The summed E-state index contributed by atoms with van der Waals surface area (Å²) in [6.07, 6.45) is 8.42. The molecule has 2 aliphatic heterocycles. The lowest BCUT2D eigenvalue weighted by molar-refractivity contribution is -0.131. The van der Waals surface area contributed by atoms with Crippen molar-refractivity contribution >= 4 is 28.9 Å². The number of unbranched alkanes of at least 4 members (excludes halogenated alkanes) is 1. The first kappa shape index (κ1) is 28.5. The predicted molar refractivity (Wildman–Crippen MR) is 159 cm³/mol. The monoisotopic (exact) mass is 561 g/mol. The highest BCUT2D eigenvalue weighted by atomic mass is 32.2. The van der Waals surface area contributed by atoms with E-state index < -0.39 is 16.9 Å². The van der Waals surface area contributed by atoms with Crippen LogP contribution in [-0.4, -0.2) is 44.2 Å². The van der Waals surface area contributed by atoms with Gasteiger partial charge in [0.1, 0.15) is 28.4 Å². The summed E-state index contributed by atoms with van der Waals surface area (Å²) in [5.74, 6) is 1.72. The first-order chi connectivity index (χ1) is 19.4. The molecule has 1 atom stereocenters. The van der Waals surface area contributed by atoms with E-state index in [-0.39, 0.29) is 5.91 Å². The summed E-state index contributed by atoms with van der Waals surface area (Å²) in [7, 11) is 0. The van der Waals surface area contributed by atoms with E-state index in [2.05, 4.69) is 27.7 Å². The fourth-order valence-corrected chi connectivity index (χ4v) is 6.60. The van der Waals surface area contributed by atoms with Crippen LogP contribution in [0.1, 0.15) is 83.8 Å². The molecule has 0 radical (unpaired) electrons. The molecule has 212 valence electrons. The van der Waals surface area contributed by atoms with Crippen LogP contribution in [0, 0.1) is 0 Å². The molecular formula is C31H39N5O3S. The number of ether oxygens (including phenoxy) is 1. The number of aromatic nitrogens is 1. The SMILES string of the molecule is CCCCC1=NC2(CCCC2)C(=O)N1Cc1ccc(-c2ncccc2[S+]([O-])N=C2NC(C)=C2C)c(COCC)c1. The van der Waals surface area contributed by atoms with E-state index in [0.717, 1.165) is 78.7 Å². The van der Waals surface area contributed by atoms with Gasteiger partial charge in [-0.15, -0.1) is 0 Å². The number of benzene rings is 1. The minimum absolute atomic E-state index is 0.150. The van der Waals surface area contributed by atoms with Crippen molar-refractivity contribution in [1.82, 2.24) is 15.2 Å². The van der Waals surface area contributed by atoms with Gasteiger partial charge in [0.25, 0.3) is 5.91 Å². The molecule has 3 heterocycles. The highest BCUT2D eigenvalue weighted by Crippen LogP contribution is 2.40. The first-order valence-corrected chi connectivity index (χ1v) is 15.5. The normalized spacial score (nSPS) is 19.8. The van der Waals surface area contributed by atoms with Crippen LogP contribution in [0.3, 0.4) is 0 Å². The number of amides is 1. The Hall–Kier alpha value is -3.01. The molecule has 3 aliphatic rings. The third-order valence-corrected chi connectivity index (χ3v) is 9.12. The largest absolute Gasteiger partial charge is 0.586 e. The van der Waals surface area contributed by atoms with Gasteiger partial charge in [0.05, 0.1) is 13.2 Å². The molecule has 2 aromatic rings. The average molecular weight is 562 g/mol. The van der Waals surface area contributed by atoms with Crippen LogP contribution in [0.15, 0.2) is 62.1 Å². The maximum absolute atomic E-state index is 13.7. The van der Waals surface area contributed by atoms with Gasteiger partial charge >= 0.3 is 0 Å². The van der Waals surface area contributed by atoms with Crippen LogP contribution in [0.25, 0.3) is 11.3 Å². The highest BCUT2D eigenvalue weighted by molar-refractivity contribution is 7.90.